The van der Waals surface area contributed by atoms with Crippen LogP contribution in [0.2, 0.25) is 0 Å². The standard InChI is InChI=1S/C12H10FNO/c1-15-12-10(13)7-8-14-11(12)9-5-3-2-4-6-9/h2-8H,1H3. The van der Waals surface area contributed by atoms with E-state index in [1.54, 1.807) is 0 Å². The van der Waals surface area contributed by atoms with Crippen LogP contribution in [0.15, 0.2) is 42.6 Å². The molecule has 15 heavy (non-hydrogen) atoms. The number of nitrogens with zero attached hydrogens (tertiary/aromatic N) is 1. The Hall–Kier alpha value is -1.90. The van der Waals surface area contributed by atoms with Crippen LogP contribution in [-0.4, -0.2) is 12.1 Å². The Labute approximate surface area is 87.4 Å². The van der Waals surface area contributed by atoms with Crippen molar-refractivity contribution in [1.29, 1.82) is 0 Å². The van der Waals surface area contributed by atoms with Gasteiger partial charge in [0.2, 0.25) is 0 Å². The second kappa shape index (κ2) is 4.09. The van der Waals surface area contributed by atoms with Gasteiger partial charge in [0.15, 0.2) is 11.6 Å². The second-order valence-corrected chi connectivity index (χ2v) is 3.04. The second-order valence-electron chi connectivity index (χ2n) is 3.04. The monoisotopic (exact) mass is 203 g/mol. The van der Waals surface area contributed by atoms with E-state index >= 15 is 0 Å². The molecule has 0 fully saturated rings. The molecule has 1 aromatic carbocycles. The molecule has 3 heteroatoms. The zero-order chi connectivity index (χ0) is 10.7. The highest BCUT2D eigenvalue weighted by molar-refractivity contribution is 5.66. The number of aromatic nitrogens is 1. The molecule has 0 saturated carbocycles. The van der Waals surface area contributed by atoms with Crippen LogP contribution in [-0.2, 0) is 0 Å². The molecule has 2 nitrogen and oxygen atoms in total. The van der Waals surface area contributed by atoms with Crippen LogP contribution in [0.5, 0.6) is 5.75 Å². The van der Waals surface area contributed by atoms with Crippen molar-refractivity contribution in [2.24, 2.45) is 0 Å². The predicted octanol–water partition coefficient (Wildman–Crippen LogP) is 2.90. The number of methoxy groups -OCH3 is 1. The lowest BCUT2D eigenvalue weighted by molar-refractivity contribution is 0.386. The molecule has 0 aliphatic rings. The van der Waals surface area contributed by atoms with Crippen molar-refractivity contribution >= 4 is 0 Å². The summed E-state index contributed by atoms with van der Waals surface area (Å²) >= 11 is 0. The Morgan fingerprint density at radius 3 is 2.53 bits per heavy atom. The highest BCUT2D eigenvalue weighted by Gasteiger charge is 2.11. The lowest BCUT2D eigenvalue weighted by Crippen LogP contribution is -1.94. The molecule has 0 unspecified atom stereocenters. The molecule has 0 bridgehead atoms. The van der Waals surface area contributed by atoms with Gasteiger partial charge in [-0.2, -0.15) is 0 Å². The van der Waals surface area contributed by atoms with Crippen molar-refractivity contribution in [2.45, 2.75) is 0 Å². The number of hydrogen-bond acceptors (Lipinski definition) is 2. The predicted molar refractivity (Wildman–Crippen MR) is 56.2 cm³/mol. The van der Waals surface area contributed by atoms with Gasteiger partial charge < -0.3 is 4.74 Å². The first kappa shape index (κ1) is 9.65. The number of hydrogen-bond donors (Lipinski definition) is 0. The Morgan fingerprint density at radius 2 is 1.87 bits per heavy atom. The third-order valence-electron chi connectivity index (χ3n) is 2.11. The highest BCUT2D eigenvalue weighted by Crippen LogP contribution is 2.29. The summed E-state index contributed by atoms with van der Waals surface area (Å²) in [4.78, 5) is 4.12. The van der Waals surface area contributed by atoms with Crippen molar-refractivity contribution in [3.05, 3.63) is 48.4 Å². The fourth-order valence-corrected chi connectivity index (χ4v) is 1.42. The molecule has 0 N–H and O–H groups in total. The van der Waals surface area contributed by atoms with Gasteiger partial charge in [-0.25, -0.2) is 4.39 Å². The lowest BCUT2D eigenvalue weighted by atomic mass is 10.1. The maximum atomic E-state index is 13.4. The summed E-state index contributed by atoms with van der Waals surface area (Å²) in [5.74, 6) is -0.213. The van der Waals surface area contributed by atoms with E-state index in [0.717, 1.165) is 5.56 Å². The molecule has 0 atom stereocenters. The maximum absolute atomic E-state index is 13.4. The van der Waals surface area contributed by atoms with Gasteiger partial charge in [0.05, 0.1) is 7.11 Å². The summed E-state index contributed by atoms with van der Waals surface area (Å²) < 4.78 is 18.4. The van der Waals surface area contributed by atoms with Gasteiger partial charge in [-0.3, -0.25) is 4.98 Å². The van der Waals surface area contributed by atoms with Crippen LogP contribution < -0.4 is 4.74 Å². The molecular weight excluding hydrogens is 193 g/mol. The van der Waals surface area contributed by atoms with Crippen molar-refractivity contribution < 1.29 is 9.13 Å². The Balaban J connectivity index is 2.58. The number of ether oxygens (including phenoxy) is 1. The molecule has 0 saturated heterocycles. The van der Waals surface area contributed by atoms with E-state index in [-0.39, 0.29) is 5.75 Å². The first-order chi connectivity index (χ1) is 7.33. The number of pyridine rings is 1. The summed E-state index contributed by atoms with van der Waals surface area (Å²) in [5.41, 5.74) is 1.37. The summed E-state index contributed by atoms with van der Waals surface area (Å²) in [5, 5.41) is 0. The van der Waals surface area contributed by atoms with E-state index in [0.29, 0.717) is 5.69 Å². The minimum atomic E-state index is -0.397. The van der Waals surface area contributed by atoms with Gasteiger partial charge in [-0.15, -0.1) is 0 Å². The van der Waals surface area contributed by atoms with E-state index in [1.165, 1.54) is 19.4 Å². The molecular formula is C12H10FNO. The van der Waals surface area contributed by atoms with E-state index in [4.69, 9.17) is 4.74 Å². The summed E-state index contributed by atoms with van der Waals surface area (Å²) in [7, 11) is 1.44. The third-order valence-corrected chi connectivity index (χ3v) is 2.11. The van der Waals surface area contributed by atoms with Crippen molar-refractivity contribution in [2.75, 3.05) is 7.11 Å². The normalized spacial score (nSPS) is 10.0. The quantitative estimate of drug-likeness (QED) is 0.748. The van der Waals surface area contributed by atoms with Gasteiger partial charge in [-0.1, -0.05) is 30.3 Å². The topological polar surface area (TPSA) is 22.1 Å². The van der Waals surface area contributed by atoms with Gasteiger partial charge in [0.1, 0.15) is 5.69 Å². The Bertz CT molecular complexity index is 456. The smallest absolute Gasteiger partial charge is 0.180 e. The minimum Gasteiger partial charge on any atom is -0.491 e. The van der Waals surface area contributed by atoms with Crippen LogP contribution in [0.3, 0.4) is 0 Å². The van der Waals surface area contributed by atoms with E-state index in [9.17, 15) is 4.39 Å². The molecule has 0 aliphatic carbocycles. The average Bonchev–Trinajstić information content (AvgIpc) is 2.30. The first-order valence-electron chi connectivity index (χ1n) is 4.57. The van der Waals surface area contributed by atoms with E-state index in [1.807, 2.05) is 30.3 Å². The first-order valence-corrected chi connectivity index (χ1v) is 4.57. The van der Waals surface area contributed by atoms with Crippen molar-refractivity contribution in [3.8, 4) is 17.0 Å². The molecule has 0 amide bonds. The van der Waals surface area contributed by atoms with Crippen LogP contribution in [0.1, 0.15) is 0 Å². The largest absolute Gasteiger partial charge is 0.491 e. The van der Waals surface area contributed by atoms with Gasteiger partial charge in [0.25, 0.3) is 0 Å². The number of halogens is 1. The van der Waals surface area contributed by atoms with Crippen LogP contribution in [0.4, 0.5) is 4.39 Å². The zero-order valence-electron chi connectivity index (χ0n) is 8.27. The minimum absolute atomic E-state index is 0.184. The van der Waals surface area contributed by atoms with E-state index in [2.05, 4.69) is 4.98 Å². The van der Waals surface area contributed by atoms with Crippen LogP contribution in [0.25, 0.3) is 11.3 Å². The van der Waals surface area contributed by atoms with Crippen molar-refractivity contribution in [1.82, 2.24) is 4.98 Å². The Morgan fingerprint density at radius 1 is 1.13 bits per heavy atom. The Kier molecular flexibility index (Phi) is 2.63. The summed E-state index contributed by atoms with van der Waals surface area (Å²) in [6.07, 6.45) is 1.43. The SMILES string of the molecule is COc1c(F)ccnc1-c1ccccc1. The molecule has 0 aliphatic heterocycles. The third kappa shape index (κ3) is 1.81. The molecule has 1 aromatic heterocycles. The van der Waals surface area contributed by atoms with Gasteiger partial charge >= 0.3 is 0 Å². The molecule has 2 rings (SSSR count). The average molecular weight is 203 g/mol. The zero-order valence-corrected chi connectivity index (χ0v) is 8.27. The highest BCUT2D eigenvalue weighted by atomic mass is 19.1. The molecule has 1 heterocycles. The van der Waals surface area contributed by atoms with Crippen molar-refractivity contribution in [3.63, 3.8) is 0 Å². The van der Waals surface area contributed by atoms with Crippen LogP contribution >= 0.6 is 0 Å². The summed E-state index contributed by atoms with van der Waals surface area (Å²) in [6, 6.07) is 10.7. The van der Waals surface area contributed by atoms with Crippen LogP contribution in [0, 0.1) is 5.82 Å². The van der Waals surface area contributed by atoms with Gasteiger partial charge in [0, 0.05) is 11.8 Å². The molecule has 0 radical (unpaired) electrons. The van der Waals surface area contributed by atoms with E-state index < -0.39 is 5.82 Å². The number of benzene rings is 1. The number of rotatable bonds is 2. The fourth-order valence-electron chi connectivity index (χ4n) is 1.42. The molecule has 0 spiro atoms. The fraction of sp³-hybridized carbons (Fsp3) is 0.0833. The van der Waals surface area contributed by atoms with Gasteiger partial charge in [-0.05, 0) is 6.07 Å². The summed E-state index contributed by atoms with van der Waals surface area (Å²) in [6.45, 7) is 0. The lowest BCUT2D eigenvalue weighted by Gasteiger charge is -2.07. The maximum Gasteiger partial charge on any atom is 0.180 e. The molecule has 2 aromatic rings. The molecule has 76 valence electrons.